The number of carboxylic acids is 1. The van der Waals surface area contributed by atoms with Crippen molar-refractivity contribution in [3.63, 3.8) is 0 Å². The van der Waals surface area contributed by atoms with Gasteiger partial charge in [-0.1, -0.05) is 26.0 Å². The Labute approximate surface area is 114 Å². The summed E-state index contributed by atoms with van der Waals surface area (Å²) in [5.74, 6) is -0.114. The second-order valence-corrected chi connectivity index (χ2v) is 4.77. The Kier molecular flexibility index (Phi) is 5.83. The number of carbonyl (C=O) groups is 1. The summed E-state index contributed by atoms with van der Waals surface area (Å²) in [6.07, 6.45) is 2.45. The average molecular weight is 265 g/mol. The number of benzene rings is 1. The van der Waals surface area contributed by atoms with Gasteiger partial charge in [0.05, 0.1) is 6.61 Å². The standard InChI is InChI=1S/C15H23NO3/c1-3-12-7-5-8-13(11-12)19-10-6-9-15(16,4-2)14(17)18/h5,7-8,11H,3-4,6,9-10,16H2,1-2H3,(H,17,18). The molecule has 0 fully saturated rings. The van der Waals surface area contributed by atoms with Gasteiger partial charge in [-0.05, 0) is 43.4 Å². The van der Waals surface area contributed by atoms with E-state index >= 15 is 0 Å². The van der Waals surface area contributed by atoms with Crippen LogP contribution in [0.15, 0.2) is 24.3 Å². The number of carboxylic acid groups (broad SMARTS) is 1. The van der Waals surface area contributed by atoms with E-state index < -0.39 is 11.5 Å². The van der Waals surface area contributed by atoms with Crippen LogP contribution in [0, 0.1) is 0 Å². The summed E-state index contributed by atoms with van der Waals surface area (Å²) < 4.78 is 5.62. The first kappa shape index (κ1) is 15.5. The molecular weight excluding hydrogens is 242 g/mol. The van der Waals surface area contributed by atoms with Crippen molar-refractivity contribution >= 4 is 5.97 Å². The zero-order valence-electron chi connectivity index (χ0n) is 11.7. The number of ether oxygens (including phenoxy) is 1. The lowest BCUT2D eigenvalue weighted by molar-refractivity contribution is -0.143. The van der Waals surface area contributed by atoms with Crippen LogP contribution >= 0.6 is 0 Å². The zero-order chi connectivity index (χ0) is 14.3. The second-order valence-electron chi connectivity index (χ2n) is 4.77. The van der Waals surface area contributed by atoms with Crippen LogP contribution in [0.3, 0.4) is 0 Å². The minimum absolute atomic E-state index is 0.423. The Bertz CT molecular complexity index is 420. The van der Waals surface area contributed by atoms with Gasteiger partial charge in [0.25, 0.3) is 0 Å². The highest BCUT2D eigenvalue weighted by Crippen LogP contribution is 2.17. The topological polar surface area (TPSA) is 72.5 Å². The van der Waals surface area contributed by atoms with Crippen LogP contribution in [0.25, 0.3) is 0 Å². The molecule has 4 nitrogen and oxygen atoms in total. The molecule has 0 spiro atoms. The molecule has 3 N–H and O–H groups in total. The maximum atomic E-state index is 11.0. The molecule has 0 aliphatic rings. The summed E-state index contributed by atoms with van der Waals surface area (Å²) in [6, 6.07) is 7.93. The molecule has 0 bridgehead atoms. The predicted octanol–water partition coefficient (Wildman–Crippen LogP) is 2.60. The molecule has 1 atom stereocenters. The Morgan fingerprint density at radius 2 is 2.16 bits per heavy atom. The molecule has 0 saturated heterocycles. The first-order chi connectivity index (χ1) is 9.01. The van der Waals surface area contributed by atoms with Crippen LogP contribution in [-0.2, 0) is 11.2 Å². The number of hydrogen-bond acceptors (Lipinski definition) is 3. The van der Waals surface area contributed by atoms with Crippen molar-refractivity contribution in [2.24, 2.45) is 5.73 Å². The van der Waals surface area contributed by atoms with Crippen molar-refractivity contribution in [3.8, 4) is 5.75 Å². The van der Waals surface area contributed by atoms with E-state index in [1.807, 2.05) is 18.2 Å². The number of nitrogens with two attached hydrogens (primary N) is 1. The average Bonchev–Trinajstić information content (AvgIpc) is 2.43. The number of rotatable bonds is 8. The van der Waals surface area contributed by atoms with Crippen LogP contribution in [-0.4, -0.2) is 23.2 Å². The number of aliphatic carboxylic acids is 1. The fourth-order valence-corrected chi connectivity index (χ4v) is 1.87. The largest absolute Gasteiger partial charge is 0.494 e. The molecule has 19 heavy (non-hydrogen) atoms. The number of aryl methyl sites for hydroxylation is 1. The van der Waals surface area contributed by atoms with Gasteiger partial charge < -0.3 is 15.6 Å². The molecule has 4 heteroatoms. The second kappa shape index (κ2) is 7.14. The van der Waals surface area contributed by atoms with Gasteiger partial charge in [0, 0.05) is 0 Å². The van der Waals surface area contributed by atoms with Crippen molar-refractivity contribution in [2.75, 3.05) is 6.61 Å². The summed E-state index contributed by atoms with van der Waals surface area (Å²) in [5.41, 5.74) is 5.91. The Morgan fingerprint density at radius 3 is 2.74 bits per heavy atom. The maximum absolute atomic E-state index is 11.0. The number of hydrogen-bond donors (Lipinski definition) is 2. The monoisotopic (exact) mass is 265 g/mol. The Morgan fingerprint density at radius 1 is 1.42 bits per heavy atom. The third kappa shape index (κ3) is 4.56. The summed E-state index contributed by atoms with van der Waals surface area (Å²) in [6.45, 7) is 4.37. The Hall–Kier alpha value is -1.55. The maximum Gasteiger partial charge on any atom is 0.323 e. The van der Waals surface area contributed by atoms with Gasteiger partial charge in [-0.15, -0.1) is 0 Å². The van der Waals surface area contributed by atoms with Crippen LogP contribution in [0.1, 0.15) is 38.7 Å². The summed E-state index contributed by atoms with van der Waals surface area (Å²) in [5, 5.41) is 9.05. The summed E-state index contributed by atoms with van der Waals surface area (Å²) in [4.78, 5) is 11.0. The molecule has 0 saturated carbocycles. The smallest absolute Gasteiger partial charge is 0.323 e. The highest BCUT2D eigenvalue weighted by Gasteiger charge is 2.30. The lowest BCUT2D eigenvalue weighted by Crippen LogP contribution is -2.47. The van der Waals surface area contributed by atoms with Crippen molar-refractivity contribution in [2.45, 2.75) is 45.1 Å². The molecule has 1 unspecified atom stereocenters. The van der Waals surface area contributed by atoms with Crippen molar-refractivity contribution < 1.29 is 14.6 Å². The molecule has 1 aromatic rings. The first-order valence-electron chi connectivity index (χ1n) is 6.76. The molecule has 0 aliphatic carbocycles. The highest BCUT2D eigenvalue weighted by molar-refractivity contribution is 5.78. The van der Waals surface area contributed by atoms with Gasteiger partial charge in [-0.25, -0.2) is 0 Å². The molecule has 1 rings (SSSR count). The van der Waals surface area contributed by atoms with Gasteiger partial charge in [0.2, 0.25) is 0 Å². The molecular formula is C15H23NO3. The molecule has 0 radical (unpaired) electrons. The van der Waals surface area contributed by atoms with E-state index in [0.29, 0.717) is 25.9 Å². The van der Waals surface area contributed by atoms with E-state index in [0.717, 1.165) is 12.2 Å². The van der Waals surface area contributed by atoms with Gasteiger partial charge in [-0.3, -0.25) is 4.79 Å². The minimum atomic E-state index is -1.13. The van der Waals surface area contributed by atoms with Crippen molar-refractivity contribution in [1.29, 1.82) is 0 Å². The van der Waals surface area contributed by atoms with E-state index in [9.17, 15) is 4.79 Å². The van der Waals surface area contributed by atoms with E-state index in [1.54, 1.807) is 6.92 Å². The van der Waals surface area contributed by atoms with Crippen LogP contribution in [0.2, 0.25) is 0 Å². The third-order valence-electron chi connectivity index (χ3n) is 3.40. The summed E-state index contributed by atoms with van der Waals surface area (Å²) in [7, 11) is 0. The predicted molar refractivity (Wildman–Crippen MR) is 75.4 cm³/mol. The lowest BCUT2D eigenvalue weighted by Gasteiger charge is -2.22. The lowest BCUT2D eigenvalue weighted by atomic mass is 9.92. The molecule has 1 aromatic carbocycles. The van der Waals surface area contributed by atoms with E-state index in [1.165, 1.54) is 5.56 Å². The molecule has 106 valence electrons. The van der Waals surface area contributed by atoms with E-state index in [2.05, 4.69) is 13.0 Å². The van der Waals surface area contributed by atoms with Gasteiger partial charge in [0.15, 0.2) is 0 Å². The zero-order valence-corrected chi connectivity index (χ0v) is 11.7. The van der Waals surface area contributed by atoms with Crippen molar-refractivity contribution in [3.05, 3.63) is 29.8 Å². The van der Waals surface area contributed by atoms with Crippen LogP contribution < -0.4 is 10.5 Å². The van der Waals surface area contributed by atoms with E-state index in [4.69, 9.17) is 15.6 Å². The molecule has 0 aliphatic heterocycles. The highest BCUT2D eigenvalue weighted by atomic mass is 16.5. The van der Waals surface area contributed by atoms with Gasteiger partial charge in [-0.2, -0.15) is 0 Å². The molecule has 0 amide bonds. The van der Waals surface area contributed by atoms with Crippen LogP contribution in [0.5, 0.6) is 5.75 Å². The third-order valence-corrected chi connectivity index (χ3v) is 3.40. The van der Waals surface area contributed by atoms with E-state index in [-0.39, 0.29) is 0 Å². The van der Waals surface area contributed by atoms with Crippen LogP contribution in [0.4, 0.5) is 0 Å². The minimum Gasteiger partial charge on any atom is -0.494 e. The first-order valence-corrected chi connectivity index (χ1v) is 6.76. The quantitative estimate of drug-likeness (QED) is 0.709. The fraction of sp³-hybridized carbons (Fsp3) is 0.533. The van der Waals surface area contributed by atoms with Gasteiger partial charge in [0.1, 0.15) is 11.3 Å². The van der Waals surface area contributed by atoms with Crippen molar-refractivity contribution in [1.82, 2.24) is 0 Å². The Balaban J connectivity index is 2.40. The molecule has 0 heterocycles. The molecule has 0 aromatic heterocycles. The summed E-state index contributed by atoms with van der Waals surface area (Å²) >= 11 is 0. The normalized spacial score (nSPS) is 13.8. The fourth-order valence-electron chi connectivity index (χ4n) is 1.87. The SMILES string of the molecule is CCc1cccc(OCCCC(N)(CC)C(=O)O)c1. The van der Waals surface area contributed by atoms with Gasteiger partial charge >= 0.3 is 5.97 Å².